The van der Waals surface area contributed by atoms with Gasteiger partial charge in [0, 0.05) is 13.1 Å². The Hall–Kier alpha value is -1.52. The first-order valence-electron chi connectivity index (χ1n) is 7.54. The van der Waals surface area contributed by atoms with Crippen LogP contribution in [0.3, 0.4) is 0 Å². The van der Waals surface area contributed by atoms with Gasteiger partial charge in [-0.2, -0.15) is 0 Å². The zero-order valence-corrected chi connectivity index (χ0v) is 13.8. The summed E-state index contributed by atoms with van der Waals surface area (Å²) in [4.78, 5) is 25.2. The molecule has 0 aromatic rings. The van der Waals surface area contributed by atoms with Gasteiger partial charge in [0.2, 0.25) is 0 Å². The third-order valence-corrected chi connectivity index (χ3v) is 3.34. The van der Waals surface area contributed by atoms with Crippen molar-refractivity contribution >= 4 is 12.1 Å². The summed E-state index contributed by atoms with van der Waals surface area (Å²) in [7, 11) is 0. The molecule has 21 heavy (non-hydrogen) atoms. The molecule has 120 valence electrons. The van der Waals surface area contributed by atoms with Gasteiger partial charge in [0.15, 0.2) is 0 Å². The van der Waals surface area contributed by atoms with Crippen molar-refractivity contribution in [1.82, 2.24) is 4.90 Å². The van der Waals surface area contributed by atoms with Crippen molar-refractivity contribution in [2.45, 2.75) is 59.5 Å². The fourth-order valence-electron chi connectivity index (χ4n) is 2.27. The molecular weight excluding hydrogens is 270 g/mol. The summed E-state index contributed by atoms with van der Waals surface area (Å²) in [5, 5.41) is 0. The summed E-state index contributed by atoms with van der Waals surface area (Å²) in [5.41, 5.74) is 1.85. The van der Waals surface area contributed by atoms with Crippen LogP contribution in [0.1, 0.15) is 53.9 Å². The van der Waals surface area contributed by atoms with Crippen LogP contribution < -0.4 is 0 Å². The van der Waals surface area contributed by atoms with Gasteiger partial charge in [-0.1, -0.05) is 11.1 Å². The number of likely N-dealkylation sites (tertiary alicyclic amines) is 1. The van der Waals surface area contributed by atoms with Crippen molar-refractivity contribution in [2.75, 3.05) is 19.7 Å². The highest BCUT2D eigenvalue weighted by molar-refractivity contribution is 5.72. The van der Waals surface area contributed by atoms with E-state index in [1.165, 1.54) is 5.57 Å². The van der Waals surface area contributed by atoms with Gasteiger partial charge in [0.05, 0.1) is 13.0 Å². The predicted octanol–water partition coefficient (Wildman–Crippen LogP) is 3.29. The molecule has 1 rings (SSSR count). The van der Waals surface area contributed by atoms with Gasteiger partial charge in [0.1, 0.15) is 5.60 Å². The zero-order chi connectivity index (χ0) is 16.0. The Morgan fingerprint density at radius 3 is 2.24 bits per heavy atom. The second-order valence-corrected chi connectivity index (χ2v) is 6.33. The van der Waals surface area contributed by atoms with Gasteiger partial charge >= 0.3 is 12.1 Å². The topological polar surface area (TPSA) is 55.8 Å². The molecule has 1 saturated heterocycles. The predicted molar refractivity (Wildman–Crippen MR) is 81.0 cm³/mol. The summed E-state index contributed by atoms with van der Waals surface area (Å²) in [6.07, 6.45) is 1.68. The fraction of sp³-hybridized carbons (Fsp3) is 0.750. The van der Waals surface area contributed by atoms with E-state index in [9.17, 15) is 9.59 Å². The quantitative estimate of drug-likeness (QED) is 0.592. The molecule has 0 radical (unpaired) electrons. The molecule has 5 nitrogen and oxygen atoms in total. The van der Waals surface area contributed by atoms with E-state index in [2.05, 4.69) is 0 Å². The summed E-state index contributed by atoms with van der Waals surface area (Å²) < 4.78 is 10.3. The lowest BCUT2D eigenvalue weighted by molar-refractivity contribution is -0.142. The first-order valence-corrected chi connectivity index (χ1v) is 7.54. The monoisotopic (exact) mass is 297 g/mol. The number of hydrogen-bond donors (Lipinski definition) is 0. The van der Waals surface area contributed by atoms with Crippen LogP contribution in [-0.2, 0) is 14.3 Å². The van der Waals surface area contributed by atoms with Crippen molar-refractivity contribution in [3.05, 3.63) is 11.1 Å². The lowest BCUT2D eigenvalue weighted by atomic mass is 9.97. The Bertz CT molecular complexity index is 410. The average Bonchev–Trinajstić information content (AvgIpc) is 2.37. The number of ether oxygens (including phenoxy) is 2. The highest BCUT2D eigenvalue weighted by Gasteiger charge is 2.25. The maximum Gasteiger partial charge on any atom is 0.410 e. The number of piperidine rings is 1. The van der Waals surface area contributed by atoms with Crippen LogP contribution in [0.25, 0.3) is 0 Å². The van der Waals surface area contributed by atoms with E-state index >= 15 is 0 Å². The summed E-state index contributed by atoms with van der Waals surface area (Å²) in [5.74, 6) is -0.183. The molecule has 0 bridgehead atoms. The van der Waals surface area contributed by atoms with Crippen LogP contribution in [-0.4, -0.2) is 42.3 Å². The minimum absolute atomic E-state index is 0.183. The molecule has 0 unspecified atom stereocenters. The lowest BCUT2D eigenvalue weighted by Crippen LogP contribution is -2.40. The number of amides is 1. The third-order valence-electron chi connectivity index (χ3n) is 3.34. The van der Waals surface area contributed by atoms with Crippen molar-refractivity contribution in [2.24, 2.45) is 0 Å². The molecule has 1 heterocycles. The number of esters is 1. The molecule has 0 aliphatic carbocycles. The molecular formula is C16H27NO4. The Labute approximate surface area is 127 Å². The third kappa shape index (κ3) is 6.19. The molecule has 0 N–H and O–H groups in total. The SMILES string of the molecule is CCOC(=O)CC(C)=C1CCN(C(=O)OC(C)(C)C)CC1. The molecule has 0 spiro atoms. The minimum Gasteiger partial charge on any atom is -0.466 e. The van der Waals surface area contributed by atoms with E-state index < -0.39 is 5.60 Å². The smallest absolute Gasteiger partial charge is 0.410 e. The van der Waals surface area contributed by atoms with Crippen LogP contribution >= 0.6 is 0 Å². The van der Waals surface area contributed by atoms with E-state index in [-0.39, 0.29) is 12.1 Å². The van der Waals surface area contributed by atoms with Crippen molar-refractivity contribution in [1.29, 1.82) is 0 Å². The van der Waals surface area contributed by atoms with Crippen LogP contribution in [0.5, 0.6) is 0 Å². The van der Waals surface area contributed by atoms with Crippen LogP contribution in [0.4, 0.5) is 4.79 Å². The number of carbonyl (C=O) groups is 2. The molecule has 1 aliphatic heterocycles. The summed E-state index contributed by atoms with van der Waals surface area (Å²) >= 11 is 0. The minimum atomic E-state index is -0.465. The van der Waals surface area contributed by atoms with Gasteiger partial charge < -0.3 is 14.4 Å². The highest BCUT2D eigenvalue weighted by atomic mass is 16.6. The molecule has 1 aliphatic rings. The fourth-order valence-corrected chi connectivity index (χ4v) is 2.27. The summed E-state index contributed by atoms with van der Waals surface area (Å²) in [6.45, 7) is 11.1. The van der Waals surface area contributed by atoms with E-state index in [0.717, 1.165) is 18.4 Å². The molecule has 0 saturated carbocycles. The number of nitrogens with zero attached hydrogens (tertiary/aromatic N) is 1. The van der Waals surface area contributed by atoms with Crippen molar-refractivity contribution in [3.8, 4) is 0 Å². The molecule has 0 atom stereocenters. The van der Waals surface area contributed by atoms with E-state index in [4.69, 9.17) is 9.47 Å². The van der Waals surface area contributed by atoms with Gasteiger partial charge in [-0.15, -0.1) is 0 Å². The van der Waals surface area contributed by atoms with Crippen LogP contribution in [0.15, 0.2) is 11.1 Å². The first kappa shape index (κ1) is 17.5. The Balaban J connectivity index is 2.51. The van der Waals surface area contributed by atoms with Gasteiger partial charge in [0.25, 0.3) is 0 Å². The maximum absolute atomic E-state index is 12.0. The second kappa shape index (κ2) is 7.48. The number of hydrogen-bond acceptors (Lipinski definition) is 4. The van der Waals surface area contributed by atoms with E-state index in [1.807, 2.05) is 27.7 Å². The molecule has 1 amide bonds. The number of rotatable bonds is 3. The van der Waals surface area contributed by atoms with Crippen LogP contribution in [0, 0.1) is 0 Å². The normalized spacial score (nSPS) is 15.7. The highest BCUT2D eigenvalue weighted by Crippen LogP contribution is 2.23. The van der Waals surface area contributed by atoms with E-state index in [0.29, 0.717) is 26.1 Å². The molecule has 1 fully saturated rings. The van der Waals surface area contributed by atoms with Crippen molar-refractivity contribution < 1.29 is 19.1 Å². The zero-order valence-electron chi connectivity index (χ0n) is 13.8. The average molecular weight is 297 g/mol. The maximum atomic E-state index is 12.0. The first-order chi connectivity index (χ1) is 9.73. The summed E-state index contributed by atoms with van der Waals surface area (Å²) in [6, 6.07) is 0. The Morgan fingerprint density at radius 1 is 1.19 bits per heavy atom. The second-order valence-electron chi connectivity index (χ2n) is 6.33. The Morgan fingerprint density at radius 2 is 1.76 bits per heavy atom. The van der Waals surface area contributed by atoms with E-state index in [1.54, 1.807) is 11.8 Å². The molecule has 0 aromatic carbocycles. The largest absolute Gasteiger partial charge is 0.466 e. The standard InChI is InChI=1S/C16H27NO4/c1-6-20-14(18)11-12(2)13-7-9-17(10-8-13)15(19)21-16(3,4)5/h6-11H2,1-5H3. The van der Waals surface area contributed by atoms with Gasteiger partial charge in [-0.25, -0.2) is 4.79 Å². The van der Waals surface area contributed by atoms with Crippen molar-refractivity contribution in [3.63, 3.8) is 0 Å². The van der Waals surface area contributed by atoms with Crippen LogP contribution in [0.2, 0.25) is 0 Å². The van der Waals surface area contributed by atoms with Gasteiger partial charge in [-0.05, 0) is 47.5 Å². The molecule has 0 aromatic heterocycles. The lowest BCUT2D eigenvalue weighted by Gasteiger charge is -2.31. The Kier molecular flexibility index (Phi) is 6.24. The van der Waals surface area contributed by atoms with Gasteiger partial charge in [-0.3, -0.25) is 4.79 Å². The number of carbonyl (C=O) groups excluding carboxylic acids is 2. The molecule has 5 heteroatoms.